The van der Waals surface area contributed by atoms with E-state index in [2.05, 4.69) is 20.4 Å². The minimum atomic E-state index is -0.209. The minimum absolute atomic E-state index is 0.209. The van der Waals surface area contributed by atoms with E-state index in [9.17, 15) is 4.79 Å². The summed E-state index contributed by atoms with van der Waals surface area (Å²) in [6.45, 7) is 0.453. The third kappa shape index (κ3) is 4.49. The van der Waals surface area contributed by atoms with Gasteiger partial charge in [-0.3, -0.25) is 4.79 Å². The topological polar surface area (TPSA) is 102 Å². The number of nitrogens with one attached hydrogen (secondary N) is 2. The standard InChI is InChI=1S/C22H20N4O4/c1-28-17-8-6-15(7-9-17)22(27)25-13-18-12-16(26-30-18)14-29-20-5-3-2-4-19(20)21-23-10-11-24-21/h2-12H,13-14H2,1H3,(H,23,24)(H,25,27). The summed E-state index contributed by atoms with van der Waals surface area (Å²) in [4.78, 5) is 19.6. The molecule has 0 fully saturated rings. The molecule has 8 nitrogen and oxygen atoms in total. The molecule has 8 heteroatoms. The molecule has 0 aliphatic rings. The Morgan fingerprint density at radius 2 is 2.00 bits per heavy atom. The van der Waals surface area contributed by atoms with Crippen LogP contribution in [0.25, 0.3) is 11.4 Å². The Labute approximate surface area is 172 Å². The molecule has 0 atom stereocenters. The number of aromatic nitrogens is 3. The van der Waals surface area contributed by atoms with E-state index in [-0.39, 0.29) is 19.1 Å². The molecule has 0 saturated carbocycles. The third-order valence-electron chi connectivity index (χ3n) is 4.40. The van der Waals surface area contributed by atoms with Crippen molar-refractivity contribution in [1.29, 1.82) is 0 Å². The highest BCUT2D eigenvalue weighted by Gasteiger charge is 2.11. The molecule has 0 saturated heterocycles. The molecule has 4 aromatic rings. The Morgan fingerprint density at radius 3 is 2.77 bits per heavy atom. The van der Waals surface area contributed by atoms with E-state index < -0.39 is 0 Å². The lowest BCUT2D eigenvalue weighted by Gasteiger charge is -2.08. The van der Waals surface area contributed by atoms with Crippen LogP contribution in [0, 0.1) is 0 Å². The summed E-state index contributed by atoms with van der Waals surface area (Å²) in [5.74, 6) is 2.44. The van der Waals surface area contributed by atoms with Crippen LogP contribution in [-0.4, -0.2) is 28.1 Å². The summed E-state index contributed by atoms with van der Waals surface area (Å²) < 4.78 is 16.3. The molecule has 0 aliphatic heterocycles. The first-order chi connectivity index (χ1) is 14.7. The van der Waals surface area contributed by atoms with Gasteiger partial charge in [-0.15, -0.1) is 0 Å². The maximum atomic E-state index is 12.2. The molecule has 30 heavy (non-hydrogen) atoms. The number of carbonyl (C=O) groups excluding carboxylic acids is 1. The van der Waals surface area contributed by atoms with Gasteiger partial charge in [0, 0.05) is 24.0 Å². The third-order valence-corrected chi connectivity index (χ3v) is 4.40. The number of para-hydroxylation sites is 1. The van der Waals surface area contributed by atoms with Crippen LogP contribution in [0.5, 0.6) is 11.5 Å². The molecular weight excluding hydrogens is 384 g/mol. The molecule has 2 N–H and O–H groups in total. The fraction of sp³-hybridized carbons (Fsp3) is 0.136. The van der Waals surface area contributed by atoms with Gasteiger partial charge in [0.15, 0.2) is 5.76 Å². The van der Waals surface area contributed by atoms with Crippen LogP contribution in [-0.2, 0) is 13.2 Å². The molecule has 2 aromatic carbocycles. The van der Waals surface area contributed by atoms with E-state index in [4.69, 9.17) is 14.0 Å². The van der Waals surface area contributed by atoms with Crippen LogP contribution in [0.3, 0.4) is 0 Å². The highest BCUT2D eigenvalue weighted by Crippen LogP contribution is 2.27. The van der Waals surface area contributed by atoms with E-state index in [1.807, 2.05) is 24.3 Å². The lowest BCUT2D eigenvalue weighted by Crippen LogP contribution is -2.22. The first-order valence-electron chi connectivity index (χ1n) is 9.31. The van der Waals surface area contributed by atoms with Crippen LogP contribution in [0.4, 0.5) is 0 Å². The quantitative estimate of drug-likeness (QED) is 0.465. The number of aromatic amines is 1. The number of hydrogen-bond donors (Lipinski definition) is 2. The van der Waals surface area contributed by atoms with Crippen molar-refractivity contribution in [3.8, 4) is 22.9 Å². The van der Waals surface area contributed by atoms with Crippen molar-refractivity contribution in [3.63, 3.8) is 0 Å². The van der Waals surface area contributed by atoms with Gasteiger partial charge in [-0.1, -0.05) is 17.3 Å². The number of carbonyl (C=O) groups is 1. The van der Waals surface area contributed by atoms with E-state index in [0.717, 1.165) is 11.4 Å². The molecule has 0 bridgehead atoms. The summed E-state index contributed by atoms with van der Waals surface area (Å²) in [5, 5.41) is 6.81. The highest BCUT2D eigenvalue weighted by molar-refractivity contribution is 5.94. The Morgan fingerprint density at radius 1 is 1.17 bits per heavy atom. The van der Waals surface area contributed by atoms with Gasteiger partial charge in [0.25, 0.3) is 5.91 Å². The van der Waals surface area contributed by atoms with Crippen molar-refractivity contribution in [2.45, 2.75) is 13.2 Å². The normalized spacial score (nSPS) is 10.6. The number of H-pyrrole nitrogens is 1. The second-order valence-electron chi connectivity index (χ2n) is 6.42. The molecular formula is C22H20N4O4. The summed E-state index contributed by atoms with van der Waals surface area (Å²) in [6.07, 6.45) is 3.45. The van der Waals surface area contributed by atoms with Crippen LogP contribution in [0.15, 0.2) is 71.5 Å². The summed E-state index contributed by atoms with van der Waals surface area (Å²) in [7, 11) is 1.58. The highest BCUT2D eigenvalue weighted by atomic mass is 16.5. The number of ether oxygens (including phenoxy) is 2. The second kappa shape index (κ2) is 8.95. The summed E-state index contributed by atoms with van der Waals surface area (Å²) in [5.41, 5.74) is 2.02. The Bertz CT molecular complexity index is 1100. The Balaban J connectivity index is 1.33. The summed E-state index contributed by atoms with van der Waals surface area (Å²) in [6, 6.07) is 16.2. The molecule has 2 aromatic heterocycles. The smallest absolute Gasteiger partial charge is 0.251 e. The van der Waals surface area contributed by atoms with Gasteiger partial charge in [-0.2, -0.15) is 0 Å². The van der Waals surface area contributed by atoms with Crippen LogP contribution >= 0.6 is 0 Å². The predicted molar refractivity (Wildman–Crippen MR) is 109 cm³/mol. The SMILES string of the molecule is COc1ccc(C(=O)NCc2cc(COc3ccccc3-c3ncc[nH]3)no2)cc1. The largest absolute Gasteiger partial charge is 0.497 e. The van der Waals surface area contributed by atoms with Gasteiger partial charge in [0.05, 0.1) is 19.2 Å². The molecule has 152 valence electrons. The van der Waals surface area contributed by atoms with Crippen molar-refractivity contribution in [3.05, 3.63) is 84.0 Å². The fourth-order valence-corrected chi connectivity index (χ4v) is 2.87. The van der Waals surface area contributed by atoms with Gasteiger partial charge >= 0.3 is 0 Å². The number of benzene rings is 2. The van der Waals surface area contributed by atoms with Crippen LogP contribution in [0.2, 0.25) is 0 Å². The van der Waals surface area contributed by atoms with Crippen LogP contribution in [0.1, 0.15) is 21.8 Å². The minimum Gasteiger partial charge on any atom is -0.497 e. The van der Waals surface area contributed by atoms with E-state index in [0.29, 0.717) is 28.5 Å². The van der Waals surface area contributed by atoms with Crippen LogP contribution < -0.4 is 14.8 Å². The zero-order valence-corrected chi connectivity index (χ0v) is 16.3. The first-order valence-corrected chi connectivity index (χ1v) is 9.31. The molecule has 1 amide bonds. The van der Waals surface area contributed by atoms with Crippen molar-refractivity contribution < 1.29 is 18.8 Å². The maximum Gasteiger partial charge on any atom is 0.251 e. The zero-order valence-electron chi connectivity index (χ0n) is 16.3. The summed E-state index contributed by atoms with van der Waals surface area (Å²) >= 11 is 0. The number of methoxy groups -OCH3 is 1. The van der Waals surface area contributed by atoms with Crippen molar-refractivity contribution in [2.75, 3.05) is 7.11 Å². The molecule has 0 unspecified atom stereocenters. The molecule has 0 spiro atoms. The maximum absolute atomic E-state index is 12.2. The number of amides is 1. The van der Waals surface area contributed by atoms with Gasteiger partial charge in [-0.25, -0.2) is 4.98 Å². The zero-order chi connectivity index (χ0) is 20.8. The number of nitrogens with zero attached hydrogens (tertiary/aromatic N) is 2. The Kier molecular flexibility index (Phi) is 5.75. The molecule has 0 aliphatic carbocycles. The molecule has 0 radical (unpaired) electrons. The average molecular weight is 404 g/mol. The van der Waals surface area contributed by atoms with Gasteiger partial charge < -0.3 is 24.3 Å². The Hall–Kier alpha value is -4.07. The second-order valence-corrected chi connectivity index (χ2v) is 6.42. The van der Waals surface area contributed by atoms with Crippen molar-refractivity contribution in [2.24, 2.45) is 0 Å². The van der Waals surface area contributed by atoms with Gasteiger partial charge in [0.2, 0.25) is 0 Å². The van der Waals surface area contributed by atoms with E-state index >= 15 is 0 Å². The van der Waals surface area contributed by atoms with Crippen molar-refractivity contribution >= 4 is 5.91 Å². The number of imidazole rings is 1. The van der Waals surface area contributed by atoms with E-state index in [1.54, 1.807) is 49.8 Å². The molecule has 2 heterocycles. The van der Waals surface area contributed by atoms with Crippen molar-refractivity contribution in [1.82, 2.24) is 20.4 Å². The lowest BCUT2D eigenvalue weighted by atomic mass is 10.2. The first kappa shape index (κ1) is 19.3. The fourth-order valence-electron chi connectivity index (χ4n) is 2.87. The molecule has 4 rings (SSSR count). The van der Waals surface area contributed by atoms with Gasteiger partial charge in [0.1, 0.15) is 29.6 Å². The number of hydrogen-bond acceptors (Lipinski definition) is 6. The van der Waals surface area contributed by atoms with E-state index in [1.165, 1.54) is 0 Å². The predicted octanol–water partition coefficient (Wildman–Crippen LogP) is 3.58. The number of rotatable bonds is 8. The average Bonchev–Trinajstić information content (AvgIpc) is 3.48. The van der Waals surface area contributed by atoms with Gasteiger partial charge in [-0.05, 0) is 36.4 Å². The lowest BCUT2D eigenvalue weighted by molar-refractivity contribution is 0.0947. The monoisotopic (exact) mass is 404 g/mol.